The fourth-order valence-electron chi connectivity index (χ4n) is 5.02. The van der Waals surface area contributed by atoms with E-state index in [9.17, 15) is 18.8 Å². The Kier molecular flexibility index (Phi) is 7.57. The molecule has 1 N–H and O–H groups in total. The third-order valence-corrected chi connectivity index (χ3v) is 8.44. The van der Waals surface area contributed by atoms with Crippen LogP contribution < -0.4 is 21.3 Å². The van der Waals surface area contributed by atoms with Crippen molar-refractivity contribution in [3.63, 3.8) is 0 Å². The van der Waals surface area contributed by atoms with Crippen molar-refractivity contribution < 1.29 is 23.4 Å². The summed E-state index contributed by atoms with van der Waals surface area (Å²) in [6.45, 7) is 3.94. The highest BCUT2D eigenvalue weighted by atomic mass is 32.1. The van der Waals surface area contributed by atoms with Crippen LogP contribution in [0.25, 0.3) is 15.2 Å². The largest absolute Gasteiger partial charge is 0.496 e. The molecule has 0 saturated carbocycles. The molecule has 0 radical (unpaired) electrons. The summed E-state index contributed by atoms with van der Waals surface area (Å²) in [4.78, 5) is 42.8. The number of carbonyl (C=O) groups is 1. The number of ether oxygens (including phenoxy) is 3. The highest BCUT2D eigenvalue weighted by molar-refractivity contribution is 7.21. The molecule has 4 aromatic rings. The average molecular weight is 573 g/mol. The predicted molar refractivity (Wildman–Crippen MR) is 145 cm³/mol. The van der Waals surface area contributed by atoms with Crippen molar-refractivity contribution in [3.05, 3.63) is 68.4 Å². The van der Waals surface area contributed by atoms with Gasteiger partial charge in [-0.25, -0.2) is 13.8 Å². The maximum Gasteiger partial charge on any atom is 0.333 e. The summed E-state index contributed by atoms with van der Waals surface area (Å²) >= 11 is 1.17. The number of carbonyl (C=O) groups excluding carboxylic acids is 1. The van der Waals surface area contributed by atoms with E-state index in [2.05, 4.69) is 15.5 Å². The summed E-state index contributed by atoms with van der Waals surface area (Å²) in [6.07, 6.45) is 2.41. The molecule has 1 saturated heterocycles. The van der Waals surface area contributed by atoms with Crippen molar-refractivity contribution in [1.29, 1.82) is 0 Å². The van der Waals surface area contributed by atoms with Crippen LogP contribution in [-0.4, -0.2) is 64.0 Å². The van der Waals surface area contributed by atoms with Gasteiger partial charge in [-0.15, -0.1) is 4.80 Å². The van der Waals surface area contributed by atoms with Gasteiger partial charge in [-0.05, 0) is 38.5 Å². The molecule has 3 aromatic heterocycles. The Balaban J connectivity index is 1.78. The molecule has 12 nitrogen and oxygen atoms in total. The summed E-state index contributed by atoms with van der Waals surface area (Å²) in [5.74, 6) is -0.556. The molecule has 0 spiro atoms. The first-order valence-electron chi connectivity index (χ1n) is 12.6. The van der Waals surface area contributed by atoms with Crippen LogP contribution in [0, 0.1) is 12.7 Å². The van der Waals surface area contributed by atoms with E-state index >= 15 is 0 Å². The number of rotatable bonds is 10. The van der Waals surface area contributed by atoms with E-state index in [0.29, 0.717) is 33.3 Å². The Bertz CT molecular complexity index is 1680. The molecule has 2 atom stereocenters. The van der Waals surface area contributed by atoms with Gasteiger partial charge in [-0.1, -0.05) is 11.3 Å². The number of hydrogen-bond donors (Lipinski definition) is 1. The first-order valence-corrected chi connectivity index (χ1v) is 13.4. The molecule has 0 unspecified atom stereocenters. The Morgan fingerprint density at radius 3 is 2.58 bits per heavy atom. The quantitative estimate of drug-likeness (QED) is 0.285. The van der Waals surface area contributed by atoms with E-state index in [0.717, 1.165) is 4.57 Å². The zero-order valence-electron chi connectivity index (χ0n) is 22.5. The van der Waals surface area contributed by atoms with Gasteiger partial charge in [0.15, 0.2) is 0 Å². The Morgan fingerprint density at radius 2 is 1.93 bits per heavy atom. The average Bonchev–Trinajstić information content (AvgIpc) is 3.66. The van der Waals surface area contributed by atoms with Crippen LogP contribution in [0.3, 0.4) is 0 Å². The van der Waals surface area contributed by atoms with Gasteiger partial charge in [-0.2, -0.15) is 10.2 Å². The summed E-state index contributed by atoms with van der Waals surface area (Å²) in [7, 11) is 2.98. The SMILES string of the molecule is COCCO[C@@H](Cn1c(=O)n([C@]2(C)CCNC2=O)c(=O)c2c(C)c(-n3nccn3)sc21)c1cc(F)ccc1OC. The minimum Gasteiger partial charge on any atom is -0.496 e. The Labute approximate surface area is 231 Å². The third-order valence-electron chi connectivity index (χ3n) is 7.16. The summed E-state index contributed by atoms with van der Waals surface area (Å²) in [5.41, 5.74) is -1.72. The van der Waals surface area contributed by atoms with Crippen molar-refractivity contribution in [2.24, 2.45) is 0 Å². The second-order valence-corrected chi connectivity index (χ2v) is 10.6. The van der Waals surface area contributed by atoms with E-state index in [4.69, 9.17) is 14.2 Å². The van der Waals surface area contributed by atoms with Gasteiger partial charge in [0.25, 0.3) is 5.56 Å². The molecule has 40 heavy (non-hydrogen) atoms. The lowest BCUT2D eigenvalue weighted by Gasteiger charge is -2.26. The zero-order chi connectivity index (χ0) is 28.6. The molecule has 212 valence electrons. The number of nitrogens with one attached hydrogen (secondary N) is 1. The maximum atomic E-state index is 14.4. The van der Waals surface area contributed by atoms with Crippen LogP contribution in [0.15, 0.2) is 40.2 Å². The van der Waals surface area contributed by atoms with Gasteiger partial charge in [0, 0.05) is 24.8 Å². The molecular formula is C26H29FN6O6S. The lowest BCUT2D eigenvalue weighted by atomic mass is 10.00. The second kappa shape index (κ2) is 10.9. The highest BCUT2D eigenvalue weighted by Gasteiger charge is 2.43. The lowest BCUT2D eigenvalue weighted by Crippen LogP contribution is -2.53. The highest BCUT2D eigenvalue weighted by Crippen LogP contribution is 2.34. The molecule has 0 bridgehead atoms. The molecule has 1 fully saturated rings. The van der Waals surface area contributed by atoms with Crippen LogP contribution in [0.1, 0.15) is 30.6 Å². The van der Waals surface area contributed by atoms with Gasteiger partial charge in [0.1, 0.15) is 33.0 Å². The van der Waals surface area contributed by atoms with Gasteiger partial charge in [0.05, 0.1) is 44.6 Å². The number of aromatic nitrogens is 5. The number of benzene rings is 1. The number of nitrogens with zero attached hydrogens (tertiary/aromatic N) is 5. The zero-order valence-corrected chi connectivity index (χ0v) is 23.3. The van der Waals surface area contributed by atoms with Gasteiger partial charge >= 0.3 is 5.69 Å². The van der Waals surface area contributed by atoms with E-state index in [1.54, 1.807) is 13.8 Å². The minimum absolute atomic E-state index is 0.108. The van der Waals surface area contributed by atoms with Crippen molar-refractivity contribution in [1.82, 2.24) is 29.4 Å². The number of halogens is 1. The Hall–Kier alpha value is -3.88. The van der Waals surface area contributed by atoms with Crippen LogP contribution in [0.5, 0.6) is 5.75 Å². The standard InChI is InChI=1S/C26H29FN6O6S/c1-15-20-21(34)32(26(2)7-8-28-24(26)35)25(36)31(23(20)40-22(15)33-29-9-10-30-33)14-19(39-12-11-37-3)17-13-16(27)5-6-18(17)38-4/h5-6,9-10,13,19H,7-8,11-12,14H2,1-4H3,(H,28,35)/t19-,26+/m0/s1. The fraction of sp³-hybridized carbons (Fsp3) is 0.423. The Morgan fingerprint density at radius 1 is 1.18 bits per heavy atom. The molecule has 1 aliphatic heterocycles. The number of aryl methyl sites for hydroxylation is 1. The molecule has 1 aromatic carbocycles. The van der Waals surface area contributed by atoms with Crippen molar-refractivity contribution in [2.45, 2.75) is 38.5 Å². The van der Waals surface area contributed by atoms with Crippen LogP contribution in [0.2, 0.25) is 0 Å². The van der Waals surface area contributed by atoms with E-state index in [1.165, 1.54) is 65.5 Å². The molecule has 1 amide bonds. The smallest absolute Gasteiger partial charge is 0.333 e. The number of hydrogen-bond acceptors (Lipinski definition) is 9. The summed E-state index contributed by atoms with van der Waals surface area (Å²) in [5, 5.41) is 11.9. The van der Waals surface area contributed by atoms with Crippen LogP contribution in [0.4, 0.5) is 4.39 Å². The van der Waals surface area contributed by atoms with Gasteiger partial charge in [-0.3, -0.25) is 14.2 Å². The normalized spacial score (nSPS) is 17.9. The fourth-order valence-corrected chi connectivity index (χ4v) is 6.24. The van der Waals surface area contributed by atoms with E-state index < -0.39 is 34.6 Å². The molecule has 1 aliphatic rings. The molecule has 4 heterocycles. The summed E-state index contributed by atoms with van der Waals surface area (Å²) < 4.78 is 33.6. The molecular weight excluding hydrogens is 543 g/mol. The molecule has 0 aliphatic carbocycles. The van der Waals surface area contributed by atoms with E-state index in [-0.39, 0.29) is 31.6 Å². The number of amides is 1. The second-order valence-electron chi connectivity index (χ2n) is 9.58. The van der Waals surface area contributed by atoms with Crippen LogP contribution in [-0.2, 0) is 26.4 Å². The predicted octanol–water partition coefficient (Wildman–Crippen LogP) is 1.90. The molecule has 5 rings (SSSR count). The first kappa shape index (κ1) is 27.7. The number of methoxy groups -OCH3 is 2. The van der Waals surface area contributed by atoms with Crippen LogP contribution >= 0.6 is 11.3 Å². The summed E-state index contributed by atoms with van der Waals surface area (Å²) in [6, 6.07) is 4.04. The lowest BCUT2D eigenvalue weighted by molar-refractivity contribution is -0.126. The van der Waals surface area contributed by atoms with E-state index in [1.807, 2.05) is 0 Å². The van der Waals surface area contributed by atoms with Gasteiger partial charge in [0.2, 0.25) is 5.91 Å². The minimum atomic E-state index is -1.40. The first-order chi connectivity index (χ1) is 19.2. The molecule has 14 heteroatoms. The third kappa shape index (κ3) is 4.61. The van der Waals surface area contributed by atoms with Crippen molar-refractivity contribution in [2.75, 3.05) is 34.0 Å². The maximum absolute atomic E-state index is 14.4. The topological polar surface area (TPSA) is 132 Å². The number of fused-ring (bicyclic) bond motifs is 1. The van der Waals surface area contributed by atoms with Gasteiger partial charge < -0.3 is 19.5 Å². The van der Waals surface area contributed by atoms with Crippen molar-refractivity contribution >= 4 is 27.5 Å². The number of thiophene rings is 1. The monoisotopic (exact) mass is 572 g/mol. The van der Waals surface area contributed by atoms with Crippen molar-refractivity contribution in [3.8, 4) is 10.8 Å².